The van der Waals surface area contributed by atoms with E-state index in [1.54, 1.807) is 24.3 Å². The number of nitrogens with one attached hydrogen (secondary N) is 1. The van der Waals surface area contributed by atoms with Crippen LogP contribution in [0.2, 0.25) is 0 Å². The van der Waals surface area contributed by atoms with Gasteiger partial charge in [-0.25, -0.2) is 0 Å². The van der Waals surface area contributed by atoms with Crippen LogP contribution in [0.1, 0.15) is 37.0 Å². The molecule has 1 heterocycles. The Kier molecular flexibility index (Phi) is 5.95. The summed E-state index contributed by atoms with van der Waals surface area (Å²) in [5.74, 6) is 0.817. The van der Waals surface area contributed by atoms with Crippen LogP contribution in [0.4, 0.5) is 0 Å². The van der Waals surface area contributed by atoms with Gasteiger partial charge in [0.2, 0.25) is 5.91 Å². The lowest BCUT2D eigenvalue weighted by molar-refractivity contribution is -0.133. The van der Waals surface area contributed by atoms with Crippen LogP contribution in [-0.2, 0) is 4.79 Å². The number of carbonyl (C=O) groups excluding carboxylic acids is 2. The van der Waals surface area contributed by atoms with E-state index in [1.807, 2.05) is 18.7 Å². The molecule has 0 saturated carbocycles. The van der Waals surface area contributed by atoms with E-state index in [4.69, 9.17) is 4.74 Å². The van der Waals surface area contributed by atoms with Gasteiger partial charge in [-0.15, -0.1) is 0 Å². The summed E-state index contributed by atoms with van der Waals surface area (Å²) >= 11 is 0. The minimum absolute atomic E-state index is 0.000754. The molecule has 0 spiro atoms. The molecule has 0 radical (unpaired) electrons. The van der Waals surface area contributed by atoms with E-state index in [2.05, 4.69) is 5.32 Å². The third-order valence-corrected chi connectivity index (χ3v) is 3.87. The minimum Gasteiger partial charge on any atom is -0.494 e. The Morgan fingerprint density at radius 3 is 2.64 bits per heavy atom. The molecular formula is C17H24N2O3. The van der Waals surface area contributed by atoms with Gasteiger partial charge in [0.25, 0.3) is 0 Å². The third kappa shape index (κ3) is 4.31. The van der Waals surface area contributed by atoms with Crippen molar-refractivity contribution in [3.63, 3.8) is 0 Å². The van der Waals surface area contributed by atoms with Gasteiger partial charge in [0.15, 0.2) is 5.78 Å². The number of hydrogen-bond acceptors (Lipinski definition) is 4. The number of benzene rings is 1. The fourth-order valence-electron chi connectivity index (χ4n) is 2.62. The maximum Gasteiger partial charge on any atom is 0.223 e. The smallest absolute Gasteiger partial charge is 0.223 e. The van der Waals surface area contributed by atoms with Crippen LogP contribution >= 0.6 is 0 Å². The second-order valence-corrected chi connectivity index (χ2v) is 5.52. The van der Waals surface area contributed by atoms with Crippen molar-refractivity contribution >= 4 is 11.7 Å². The number of rotatable bonds is 6. The van der Waals surface area contributed by atoms with Crippen LogP contribution in [-0.4, -0.2) is 48.9 Å². The summed E-state index contributed by atoms with van der Waals surface area (Å²) in [6, 6.07) is 7.28. The van der Waals surface area contributed by atoms with E-state index in [0.29, 0.717) is 12.2 Å². The molecule has 0 unspecified atom stereocenters. The number of piperazine rings is 1. The van der Waals surface area contributed by atoms with Gasteiger partial charge in [0, 0.05) is 44.1 Å². The van der Waals surface area contributed by atoms with Crippen molar-refractivity contribution in [1.29, 1.82) is 0 Å². The quantitative estimate of drug-likeness (QED) is 0.815. The van der Waals surface area contributed by atoms with Crippen molar-refractivity contribution in [1.82, 2.24) is 10.2 Å². The average Bonchev–Trinajstić information content (AvgIpc) is 2.54. The van der Waals surface area contributed by atoms with E-state index < -0.39 is 0 Å². The second-order valence-electron chi connectivity index (χ2n) is 5.52. The number of amides is 1. The van der Waals surface area contributed by atoms with Crippen molar-refractivity contribution in [3.05, 3.63) is 29.8 Å². The number of nitrogens with zero attached hydrogens (tertiary/aromatic N) is 1. The molecule has 1 fully saturated rings. The number of hydrogen-bond donors (Lipinski definition) is 1. The highest BCUT2D eigenvalue weighted by molar-refractivity contribution is 5.98. The van der Waals surface area contributed by atoms with Crippen LogP contribution in [0, 0.1) is 0 Å². The summed E-state index contributed by atoms with van der Waals surface area (Å²) < 4.78 is 5.35. The second kappa shape index (κ2) is 7.94. The molecule has 1 aliphatic rings. The van der Waals surface area contributed by atoms with Gasteiger partial charge in [-0.05, 0) is 38.1 Å². The topological polar surface area (TPSA) is 58.6 Å². The first-order chi connectivity index (χ1) is 10.6. The molecule has 1 amide bonds. The van der Waals surface area contributed by atoms with Crippen molar-refractivity contribution in [3.8, 4) is 5.75 Å². The van der Waals surface area contributed by atoms with E-state index >= 15 is 0 Å². The SMILES string of the molecule is CCOc1ccc(C(=O)CCC(=O)N2CCNC[C@@H]2C)cc1. The highest BCUT2D eigenvalue weighted by Gasteiger charge is 2.23. The summed E-state index contributed by atoms with van der Waals surface area (Å²) in [5.41, 5.74) is 0.629. The molecule has 22 heavy (non-hydrogen) atoms. The van der Waals surface area contributed by atoms with Gasteiger partial charge in [0.1, 0.15) is 5.75 Å². The maximum absolute atomic E-state index is 12.2. The summed E-state index contributed by atoms with van der Waals surface area (Å²) in [7, 11) is 0. The summed E-state index contributed by atoms with van der Waals surface area (Å²) in [5, 5.41) is 3.25. The fourth-order valence-corrected chi connectivity index (χ4v) is 2.62. The summed E-state index contributed by atoms with van der Waals surface area (Å²) in [6.45, 7) is 6.91. The Labute approximate surface area is 131 Å². The van der Waals surface area contributed by atoms with Crippen LogP contribution < -0.4 is 10.1 Å². The van der Waals surface area contributed by atoms with Gasteiger partial charge in [-0.3, -0.25) is 9.59 Å². The molecule has 1 aromatic rings. The number of Topliss-reactive ketones (excluding diaryl/α,β-unsaturated/α-hetero) is 1. The molecule has 5 heteroatoms. The summed E-state index contributed by atoms with van der Waals surface area (Å²) in [6.07, 6.45) is 0.528. The highest BCUT2D eigenvalue weighted by Crippen LogP contribution is 2.15. The van der Waals surface area contributed by atoms with Crippen LogP contribution in [0.3, 0.4) is 0 Å². The fraction of sp³-hybridized carbons (Fsp3) is 0.529. The number of carbonyl (C=O) groups is 2. The lowest BCUT2D eigenvalue weighted by Gasteiger charge is -2.34. The zero-order chi connectivity index (χ0) is 15.9. The Morgan fingerprint density at radius 2 is 2.00 bits per heavy atom. The van der Waals surface area contributed by atoms with Gasteiger partial charge in [-0.2, -0.15) is 0 Å². The first kappa shape index (κ1) is 16.5. The van der Waals surface area contributed by atoms with E-state index in [-0.39, 0.29) is 30.6 Å². The van der Waals surface area contributed by atoms with Crippen molar-refractivity contribution in [2.24, 2.45) is 0 Å². The lowest BCUT2D eigenvalue weighted by Crippen LogP contribution is -2.52. The zero-order valence-electron chi connectivity index (χ0n) is 13.3. The molecule has 1 saturated heterocycles. The largest absolute Gasteiger partial charge is 0.494 e. The molecule has 5 nitrogen and oxygen atoms in total. The Balaban J connectivity index is 1.85. The highest BCUT2D eigenvalue weighted by atomic mass is 16.5. The van der Waals surface area contributed by atoms with Gasteiger partial charge < -0.3 is 15.0 Å². The number of ether oxygens (including phenoxy) is 1. The maximum atomic E-state index is 12.2. The van der Waals surface area contributed by atoms with E-state index in [0.717, 1.165) is 25.4 Å². The van der Waals surface area contributed by atoms with E-state index in [1.165, 1.54) is 0 Å². The Hall–Kier alpha value is -1.88. The van der Waals surface area contributed by atoms with Crippen molar-refractivity contribution in [2.75, 3.05) is 26.2 Å². The average molecular weight is 304 g/mol. The van der Waals surface area contributed by atoms with Gasteiger partial charge in [0.05, 0.1) is 6.61 Å². The lowest BCUT2D eigenvalue weighted by atomic mass is 10.1. The molecule has 0 aliphatic carbocycles. The third-order valence-electron chi connectivity index (χ3n) is 3.87. The van der Waals surface area contributed by atoms with Crippen LogP contribution in [0.15, 0.2) is 24.3 Å². The molecule has 0 aromatic heterocycles. The van der Waals surface area contributed by atoms with Crippen LogP contribution in [0.25, 0.3) is 0 Å². The first-order valence-electron chi connectivity index (χ1n) is 7.88. The Morgan fingerprint density at radius 1 is 1.27 bits per heavy atom. The van der Waals surface area contributed by atoms with Gasteiger partial charge >= 0.3 is 0 Å². The molecule has 1 aromatic carbocycles. The monoisotopic (exact) mass is 304 g/mol. The standard InChI is InChI=1S/C17H24N2O3/c1-3-22-15-6-4-14(5-7-15)16(20)8-9-17(21)19-11-10-18-12-13(19)2/h4-7,13,18H,3,8-12H2,1-2H3/t13-/m0/s1. The summed E-state index contributed by atoms with van der Waals surface area (Å²) in [4.78, 5) is 26.2. The van der Waals surface area contributed by atoms with Crippen molar-refractivity contribution < 1.29 is 14.3 Å². The molecule has 1 atom stereocenters. The first-order valence-corrected chi connectivity index (χ1v) is 7.88. The van der Waals surface area contributed by atoms with Crippen LogP contribution in [0.5, 0.6) is 5.75 Å². The molecule has 1 aliphatic heterocycles. The zero-order valence-corrected chi connectivity index (χ0v) is 13.3. The van der Waals surface area contributed by atoms with Gasteiger partial charge in [-0.1, -0.05) is 0 Å². The van der Waals surface area contributed by atoms with Crippen molar-refractivity contribution in [2.45, 2.75) is 32.7 Å². The molecule has 2 rings (SSSR count). The minimum atomic E-state index is -0.000754. The Bertz CT molecular complexity index is 513. The number of ketones is 1. The normalized spacial score (nSPS) is 18.1. The van der Waals surface area contributed by atoms with E-state index in [9.17, 15) is 9.59 Å². The molecular weight excluding hydrogens is 280 g/mol. The molecule has 1 N–H and O–H groups in total. The predicted octanol–water partition coefficient (Wildman–Crippen LogP) is 1.87. The molecule has 120 valence electrons. The molecule has 0 bridgehead atoms. The predicted molar refractivity (Wildman–Crippen MR) is 85.2 cm³/mol.